The Hall–Kier alpha value is -1.12. The third-order valence-electron chi connectivity index (χ3n) is 5.05. The van der Waals surface area contributed by atoms with Crippen LogP contribution in [0.3, 0.4) is 0 Å². The van der Waals surface area contributed by atoms with Crippen LogP contribution < -0.4 is 5.32 Å². The first-order valence-electron chi connectivity index (χ1n) is 7.89. The van der Waals surface area contributed by atoms with E-state index in [0.29, 0.717) is 12.1 Å². The van der Waals surface area contributed by atoms with Gasteiger partial charge in [-0.15, -0.1) is 0 Å². The van der Waals surface area contributed by atoms with Gasteiger partial charge in [0.05, 0.1) is 0 Å². The summed E-state index contributed by atoms with van der Waals surface area (Å²) in [6.07, 6.45) is 5.05. The zero-order chi connectivity index (χ0) is 14.2. The predicted octanol–water partition coefficient (Wildman–Crippen LogP) is 4.97. The summed E-state index contributed by atoms with van der Waals surface area (Å²) in [5.74, 6) is 0.743. The van der Waals surface area contributed by atoms with Gasteiger partial charge in [-0.2, -0.15) is 0 Å². The molecule has 0 bridgehead atoms. The molecule has 0 amide bonds. The zero-order valence-electron chi connectivity index (χ0n) is 12.1. The fraction of sp³-hybridized carbons (Fsp3) is 0.368. The highest BCUT2D eigenvalue weighted by atomic mass is 79.9. The van der Waals surface area contributed by atoms with Crippen LogP contribution in [0.4, 0.5) is 0 Å². The van der Waals surface area contributed by atoms with Crippen molar-refractivity contribution in [2.75, 3.05) is 0 Å². The minimum absolute atomic E-state index is 0.581. The van der Waals surface area contributed by atoms with Crippen molar-refractivity contribution in [3.05, 3.63) is 69.7 Å². The van der Waals surface area contributed by atoms with Crippen molar-refractivity contribution in [2.45, 2.75) is 43.7 Å². The second-order valence-electron chi connectivity index (χ2n) is 6.37. The van der Waals surface area contributed by atoms with E-state index in [0.717, 1.165) is 5.92 Å². The summed E-state index contributed by atoms with van der Waals surface area (Å²) in [7, 11) is 0. The highest BCUT2D eigenvalue weighted by molar-refractivity contribution is 9.10. The van der Waals surface area contributed by atoms with E-state index < -0.39 is 0 Å². The third kappa shape index (κ3) is 2.67. The van der Waals surface area contributed by atoms with E-state index in [9.17, 15) is 0 Å². The van der Waals surface area contributed by atoms with Gasteiger partial charge in [-0.3, -0.25) is 0 Å². The minimum Gasteiger partial charge on any atom is -0.307 e. The van der Waals surface area contributed by atoms with Crippen LogP contribution in [-0.2, 0) is 6.42 Å². The average molecular weight is 342 g/mol. The molecule has 2 aliphatic carbocycles. The van der Waals surface area contributed by atoms with Gasteiger partial charge in [-0.05, 0) is 60.4 Å². The van der Waals surface area contributed by atoms with Gasteiger partial charge >= 0.3 is 0 Å². The molecule has 0 aliphatic heterocycles. The monoisotopic (exact) mass is 341 g/mol. The van der Waals surface area contributed by atoms with Crippen molar-refractivity contribution in [2.24, 2.45) is 0 Å². The maximum atomic E-state index is 3.87. The van der Waals surface area contributed by atoms with Gasteiger partial charge in [-0.25, -0.2) is 0 Å². The van der Waals surface area contributed by atoms with Crippen LogP contribution in [-0.4, -0.2) is 6.04 Å². The molecular weight excluding hydrogens is 322 g/mol. The molecule has 1 saturated carbocycles. The van der Waals surface area contributed by atoms with Crippen molar-refractivity contribution < 1.29 is 0 Å². The van der Waals surface area contributed by atoms with Crippen LogP contribution in [0.2, 0.25) is 0 Å². The summed E-state index contributed by atoms with van der Waals surface area (Å²) in [5.41, 5.74) is 4.56. The molecule has 2 heteroatoms. The van der Waals surface area contributed by atoms with E-state index in [-0.39, 0.29) is 0 Å². The number of hydrogen-bond acceptors (Lipinski definition) is 1. The van der Waals surface area contributed by atoms with Gasteiger partial charge in [0.25, 0.3) is 0 Å². The molecule has 2 aliphatic rings. The lowest BCUT2D eigenvalue weighted by Gasteiger charge is -2.38. The molecule has 0 spiro atoms. The largest absolute Gasteiger partial charge is 0.307 e. The molecule has 2 aromatic rings. The first-order valence-corrected chi connectivity index (χ1v) is 8.68. The maximum absolute atomic E-state index is 3.87. The molecule has 2 aromatic carbocycles. The summed E-state index contributed by atoms with van der Waals surface area (Å²) in [4.78, 5) is 0. The summed E-state index contributed by atoms with van der Waals surface area (Å²) in [5, 5.41) is 3.87. The van der Waals surface area contributed by atoms with E-state index in [4.69, 9.17) is 0 Å². The number of nitrogens with one attached hydrogen (secondary N) is 1. The van der Waals surface area contributed by atoms with Crippen LogP contribution in [0.1, 0.15) is 47.9 Å². The molecule has 1 nitrogen and oxygen atoms in total. The Bertz CT molecular complexity index is 628. The van der Waals surface area contributed by atoms with Crippen molar-refractivity contribution in [1.29, 1.82) is 0 Å². The van der Waals surface area contributed by atoms with Crippen molar-refractivity contribution in [1.82, 2.24) is 5.32 Å². The molecule has 1 unspecified atom stereocenters. The van der Waals surface area contributed by atoms with E-state index in [1.165, 1.54) is 41.3 Å². The summed E-state index contributed by atoms with van der Waals surface area (Å²) >= 11 is 3.51. The van der Waals surface area contributed by atoms with Crippen LogP contribution in [0.5, 0.6) is 0 Å². The SMILES string of the molecule is Brc1ccc(C2CC(NC3CCc4ccccc43)C2)cc1. The second kappa shape index (κ2) is 5.58. The molecule has 1 fully saturated rings. The summed E-state index contributed by atoms with van der Waals surface area (Å²) < 4.78 is 1.17. The van der Waals surface area contributed by atoms with Crippen LogP contribution >= 0.6 is 15.9 Å². The quantitative estimate of drug-likeness (QED) is 0.830. The molecule has 4 rings (SSSR count). The molecule has 0 radical (unpaired) electrons. The number of fused-ring (bicyclic) bond motifs is 1. The topological polar surface area (TPSA) is 12.0 Å². The van der Waals surface area contributed by atoms with Crippen molar-refractivity contribution >= 4 is 15.9 Å². The lowest BCUT2D eigenvalue weighted by molar-refractivity contribution is 0.265. The van der Waals surface area contributed by atoms with Gasteiger partial charge in [0, 0.05) is 16.6 Å². The van der Waals surface area contributed by atoms with Crippen LogP contribution in [0.25, 0.3) is 0 Å². The highest BCUT2D eigenvalue weighted by Gasteiger charge is 2.33. The molecule has 1 atom stereocenters. The highest BCUT2D eigenvalue weighted by Crippen LogP contribution is 2.40. The summed E-state index contributed by atoms with van der Waals surface area (Å²) in [6.45, 7) is 0. The molecule has 1 N–H and O–H groups in total. The van der Waals surface area contributed by atoms with Gasteiger partial charge in [-0.1, -0.05) is 52.3 Å². The number of benzene rings is 2. The van der Waals surface area contributed by atoms with Gasteiger partial charge in [0.2, 0.25) is 0 Å². The van der Waals surface area contributed by atoms with Gasteiger partial charge < -0.3 is 5.32 Å². The van der Waals surface area contributed by atoms with Crippen molar-refractivity contribution in [3.63, 3.8) is 0 Å². The van der Waals surface area contributed by atoms with E-state index in [1.807, 2.05) is 0 Å². The van der Waals surface area contributed by atoms with Crippen LogP contribution in [0, 0.1) is 0 Å². The molecular formula is C19H20BrN. The fourth-order valence-corrected chi connectivity index (χ4v) is 4.04. The van der Waals surface area contributed by atoms with Crippen LogP contribution in [0.15, 0.2) is 53.0 Å². The Morgan fingerprint density at radius 1 is 0.952 bits per heavy atom. The Morgan fingerprint density at radius 3 is 2.52 bits per heavy atom. The van der Waals surface area contributed by atoms with E-state index in [2.05, 4.69) is 69.8 Å². The molecule has 0 saturated heterocycles. The smallest absolute Gasteiger partial charge is 0.0328 e. The number of hydrogen-bond donors (Lipinski definition) is 1. The summed E-state index contributed by atoms with van der Waals surface area (Å²) in [6, 6.07) is 19.0. The minimum atomic E-state index is 0.581. The normalized spacial score (nSPS) is 27.2. The number of rotatable bonds is 3. The van der Waals surface area contributed by atoms with Gasteiger partial charge in [0.15, 0.2) is 0 Å². The zero-order valence-corrected chi connectivity index (χ0v) is 13.6. The van der Waals surface area contributed by atoms with E-state index in [1.54, 1.807) is 5.56 Å². The Kier molecular flexibility index (Phi) is 3.60. The molecule has 0 aromatic heterocycles. The lowest BCUT2D eigenvalue weighted by atomic mass is 9.75. The molecule has 108 valence electrons. The number of halogens is 1. The van der Waals surface area contributed by atoms with Gasteiger partial charge in [0.1, 0.15) is 0 Å². The first kappa shape index (κ1) is 13.5. The lowest BCUT2D eigenvalue weighted by Crippen LogP contribution is -2.41. The second-order valence-corrected chi connectivity index (χ2v) is 7.29. The first-order chi connectivity index (χ1) is 10.3. The van der Waals surface area contributed by atoms with Crippen molar-refractivity contribution in [3.8, 4) is 0 Å². The maximum Gasteiger partial charge on any atom is 0.0328 e. The van der Waals surface area contributed by atoms with E-state index >= 15 is 0 Å². The molecule has 21 heavy (non-hydrogen) atoms. The fourth-order valence-electron chi connectivity index (χ4n) is 3.78. The molecule has 0 heterocycles. The third-order valence-corrected chi connectivity index (χ3v) is 5.58. The standard InChI is InChI=1S/C19H20BrN/c20-16-8-5-13(6-9-16)15-11-17(12-15)21-19-10-7-14-3-1-2-4-18(14)19/h1-6,8-9,15,17,19,21H,7,10-12H2. The predicted molar refractivity (Wildman–Crippen MR) is 90.5 cm³/mol. The Labute approximate surface area is 134 Å². The Balaban J connectivity index is 1.36. The Morgan fingerprint density at radius 2 is 1.71 bits per heavy atom. The number of aryl methyl sites for hydroxylation is 1. The average Bonchev–Trinajstić information content (AvgIpc) is 2.87.